The van der Waals surface area contributed by atoms with Gasteiger partial charge in [-0.3, -0.25) is 9.69 Å². The quantitative estimate of drug-likeness (QED) is 0.903. The summed E-state index contributed by atoms with van der Waals surface area (Å²) in [6.07, 6.45) is 0. The first-order valence-electron chi connectivity index (χ1n) is 8.31. The fraction of sp³-hybridized carbons (Fsp3) is 0.444. The van der Waals surface area contributed by atoms with Gasteiger partial charge < -0.3 is 10.2 Å². The molecule has 0 aliphatic carbocycles. The van der Waals surface area contributed by atoms with Crippen molar-refractivity contribution in [3.05, 3.63) is 52.0 Å². The Labute approximate surface area is 147 Å². The Bertz CT molecular complexity index is 665. The van der Waals surface area contributed by atoms with Gasteiger partial charge in [0.25, 0.3) is 5.91 Å². The van der Waals surface area contributed by atoms with Crippen molar-refractivity contribution in [2.75, 3.05) is 39.8 Å². The number of thiophene rings is 1. The molecule has 128 valence electrons. The van der Waals surface area contributed by atoms with Gasteiger partial charge in [0.1, 0.15) is 5.69 Å². The van der Waals surface area contributed by atoms with E-state index in [1.54, 1.807) is 17.4 Å². The highest BCUT2D eigenvalue weighted by Gasteiger charge is 2.25. The summed E-state index contributed by atoms with van der Waals surface area (Å²) in [7, 11) is 2.16. The van der Waals surface area contributed by atoms with Crippen molar-refractivity contribution in [1.29, 1.82) is 0 Å². The molecule has 0 bridgehead atoms. The van der Waals surface area contributed by atoms with Crippen LogP contribution in [0.2, 0.25) is 0 Å². The van der Waals surface area contributed by atoms with Crippen molar-refractivity contribution in [3.63, 3.8) is 0 Å². The van der Waals surface area contributed by atoms with Crippen LogP contribution >= 0.6 is 11.3 Å². The number of amides is 1. The van der Waals surface area contributed by atoms with Gasteiger partial charge in [-0.05, 0) is 37.6 Å². The van der Waals surface area contributed by atoms with E-state index in [0.29, 0.717) is 12.2 Å². The van der Waals surface area contributed by atoms with Gasteiger partial charge in [-0.15, -0.1) is 11.3 Å². The lowest BCUT2D eigenvalue weighted by Crippen LogP contribution is -2.48. The molecule has 5 nitrogen and oxygen atoms in total. The van der Waals surface area contributed by atoms with Crippen LogP contribution in [0.4, 0.5) is 0 Å². The van der Waals surface area contributed by atoms with Crippen LogP contribution in [0.3, 0.4) is 0 Å². The fourth-order valence-corrected chi connectivity index (χ4v) is 3.83. The van der Waals surface area contributed by atoms with E-state index in [-0.39, 0.29) is 11.9 Å². The number of pyridine rings is 1. The Balaban J connectivity index is 1.67. The molecule has 2 aromatic heterocycles. The SMILES string of the molecule is Cc1cccc(C(=O)NC[C@H](c2cccs2)N2CCN(C)CC2)n1. The van der Waals surface area contributed by atoms with Crippen molar-refractivity contribution in [2.24, 2.45) is 0 Å². The van der Waals surface area contributed by atoms with Crippen LogP contribution in [-0.2, 0) is 0 Å². The largest absolute Gasteiger partial charge is 0.349 e. The molecule has 3 rings (SSSR count). The lowest BCUT2D eigenvalue weighted by atomic mass is 10.1. The summed E-state index contributed by atoms with van der Waals surface area (Å²) in [4.78, 5) is 22.8. The maximum atomic E-state index is 12.4. The van der Waals surface area contributed by atoms with Gasteiger partial charge in [0.2, 0.25) is 0 Å². The number of aromatic nitrogens is 1. The minimum atomic E-state index is -0.102. The van der Waals surface area contributed by atoms with Gasteiger partial charge in [-0.2, -0.15) is 0 Å². The maximum Gasteiger partial charge on any atom is 0.269 e. The van der Waals surface area contributed by atoms with Crippen LogP contribution in [0.5, 0.6) is 0 Å². The van der Waals surface area contributed by atoms with E-state index < -0.39 is 0 Å². The molecule has 1 aliphatic heterocycles. The predicted octanol–water partition coefficient (Wildman–Crippen LogP) is 2.17. The average molecular weight is 344 g/mol. The number of rotatable bonds is 5. The zero-order valence-electron chi connectivity index (χ0n) is 14.2. The molecular weight excluding hydrogens is 320 g/mol. The Kier molecular flexibility index (Phi) is 5.60. The van der Waals surface area contributed by atoms with E-state index in [1.807, 2.05) is 19.1 Å². The van der Waals surface area contributed by atoms with E-state index in [2.05, 4.69) is 44.7 Å². The highest BCUT2D eigenvalue weighted by Crippen LogP contribution is 2.25. The van der Waals surface area contributed by atoms with Gasteiger partial charge in [0.05, 0.1) is 6.04 Å². The van der Waals surface area contributed by atoms with E-state index in [9.17, 15) is 4.79 Å². The van der Waals surface area contributed by atoms with Crippen LogP contribution in [-0.4, -0.2) is 60.5 Å². The molecule has 2 aromatic rings. The first-order valence-corrected chi connectivity index (χ1v) is 9.19. The summed E-state index contributed by atoms with van der Waals surface area (Å²) in [5, 5.41) is 5.17. The lowest BCUT2D eigenvalue weighted by Gasteiger charge is -2.37. The molecule has 1 aliphatic rings. The van der Waals surface area contributed by atoms with Crippen molar-refractivity contribution in [2.45, 2.75) is 13.0 Å². The highest BCUT2D eigenvalue weighted by atomic mass is 32.1. The molecule has 1 fully saturated rings. The number of likely N-dealkylation sites (N-methyl/N-ethyl adjacent to an activating group) is 1. The average Bonchev–Trinajstić information content (AvgIpc) is 3.11. The molecule has 0 radical (unpaired) electrons. The van der Waals surface area contributed by atoms with E-state index in [4.69, 9.17) is 0 Å². The van der Waals surface area contributed by atoms with Gasteiger partial charge in [0.15, 0.2) is 0 Å². The Morgan fingerprint density at radius 2 is 2.04 bits per heavy atom. The first kappa shape index (κ1) is 17.1. The van der Waals surface area contributed by atoms with Crippen LogP contribution in [0.25, 0.3) is 0 Å². The van der Waals surface area contributed by atoms with Crippen LogP contribution < -0.4 is 5.32 Å². The fourth-order valence-electron chi connectivity index (χ4n) is 2.97. The Morgan fingerprint density at radius 3 is 2.71 bits per heavy atom. The van der Waals surface area contributed by atoms with Crippen LogP contribution in [0.1, 0.15) is 27.1 Å². The van der Waals surface area contributed by atoms with E-state index >= 15 is 0 Å². The summed E-state index contributed by atoms with van der Waals surface area (Å²) in [6.45, 7) is 6.69. The molecule has 0 saturated carbocycles. The summed E-state index contributed by atoms with van der Waals surface area (Å²) < 4.78 is 0. The molecule has 24 heavy (non-hydrogen) atoms. The topological polar surface area (TPSA) is 48.5 Å². The second-order valence-corrected chi connectivity index (χ2v) is 7.22. The molecule has 0 aromatic carbocycles. The summed E-state index contributed by atoms with van der Waals surface area (Å²) in [6, 6.07) is 9.99. The van der Waals surface area contributed by atoms with Crippen molar-refractivity contribution < 1.29 is 4.79 Å². The number of aryl methyl sites for hydroxylation is 1. The summed E-state index contributed by atoms with van der Waals surface area (Å²) in [5.74, 6) is -0.102. The van der Waals surface area contributed by atoms with E-state index in [1.165, 1.54) is 4.88 Å². The number of carbonyl (C=O) groups excluding carboxylic acids is 1. The molecule has 0 unspecified atom stereocenters. The monoisotopic (exact) mass is 344 g/mol. The third-order valence-corrected chi connectivity index (χ3v) is 5.40. The molecule has 1 atom stereocenters. The zero-order valence-corrected chi connectivity index (χ0v) is 15.1. The molecular formula is C18H24N4OS. The molecule has 6 heteroatoms. The predicted molar refractivity (Wildman–Crippen MR) is 97.4 cm³/mol. The molecule has 3 heterocycles. The standard InChI is InChI=1S/C18H24N4OS/c1-14-5-3-6-15(20-14)18(23)19-13-16(17-7-4-12-24-17)22-10-8-21(2)9-11-22/h3-7,12,16H,8-11,13H2,1-2H3,(H,19,23)/t16-/m1/s1. The Hall–Kier alpha value is -1.76. The maximum absolute atomic E-state index is 12.4. The zero-order chi connectivity index (χ0) is 16.9. The smallest absolute Gasteiger partial charge is 0.269 e. The number of hydrogen-bond acceptors (Lipinski definition) is 5. The van der Waals surface area contributed by atoms with Crippen LogP contribution in [0.15, 0.2) is 35.7 Å². The molecule has 1 N–H and O–H groups in total. The summed E-state index contributed by atoms with van der Waals surface area (Å²) in [5.41, 5.74) is 1.34. The number of hydrogen-bond donors (Lipinski definition) is 1. The van der Waals surface area contributed by atoms with Crippen molar-refractivity contribution in [3.8, 4) is 0 Å². The third kappa shape index (κ3) is 4.20. The second kappa shape index (κ2) is 7.88. The van der Waals surface area contributed by atoms with Crippen LogP contribution in [0, 0.1) is 6.92 Å². The Morgan fingerprint density at radius 1 is 1.25 bits per heavy atom. The second-order valence-electron chi connectivity index (χ2n) is 6.24. The van der Waals surface area contributed by atoms with Gasteiger partial charge in [-0.1, -0.05) is 12.1 Å². The molecule has 1 saturated heterocycles. The highest BCUT2D eigenvalue weighted by molar-refractivity contribution is 7.10. The van der Waals surface area contributed by atoms with Crippen molar-refractivity contribution >= 4 is 17.2 Å². The van der Waals surface area contributed by atoms with Gasteiger partial charge >= 0.3 is 0 Å². The minimum Gasteiger partial charge on any atom is -0.349 e. The number of piperazine rings is 1. The van der Waals surface area contributed by atoms with E-state index in [0.717, 1.165) is 31.9 Å². The number of nitrogens with one attached hydrogen (secondary N) is 1. The third-order valence-electron chi connectivity index (χ3n) is 4.43. The summed E-state index contributed by atoms with van der Waals surface area (Å²) >= 11 is 1.75. The van der Waals surface area contributed by atoms with Gasteiger partial charge in [-0.25, -0.2) is 4.98 Å². The first-order chi connectivity index (χ1) is 11.6. The lowest BCUT2D eigenvalue weighted by molar-refractivity contribution is 0.0885. The normalized spacial score (nSPS) is 17.6. The molecule has 1 amide bonds. The number of carbonyl (C=O) groups is 1. The molecule has 0 spiro atoms. The van der Waals surface area contributed by atoms with Crippen molar-refractivity contribution in [1.82, 2.24) is 20.1 Å². The number of nitrogens with zero attached hydrogens (tertiary/aromatic N) is 3. The minimum absolute atomic E-state index is 0.102. The van der Waals surface area contributed by atoms with Gasteiger partial charge in [0, 0.05) is 43.3 Å².